The van der Waals surface area contributed by atoms with E-state index in [4.69, 9.17) is 0 Å². The Balaban J connectivity index is 1.62. The van der Waals surface area contributed by atoms with E-state index in [1.807, 2.05) is 11.6 Å². The maximum absolute atomic E-state index is 14.6. The summed E-state index contributed by atoms with van der Waals surface area (Å²) in [5, 5.41) is 13.8. The number of benzene rings is 2. The van der Waals surface area contributed by atoms with Gasteiger partial charge in [-0.1, -0.05) is 47.8 Å². The van der Waals surface area contributed by atoms with Crippen LogP contribution in [0.3, 0.4) is 0 Å². The largest absolute Gasteiger partial charge is 0.480 e. The summed E-state index contributed by atoms with van der Waals surface area (Å²) in [4.78, 5) is 37.7. The summed E-state index contributed by atoms with van der Waals surface area (Å²) in [6.45, 7) is -0.0864. The van der Waals surface area contributed by atoms with Gasteiger partial charge in [-0.3, -0.25) is 9.59 Å². The topological polar surface area (TPSA) is 86.7 Å². The SMILES string of the molecule is C/[SH]=C\C1C[C@@H](C(=O)O)N(C(=O)CNC(=O)c2ccc(C(F)(F)c3ccccc3)cc2)C1. The summed E-state index contributed by atoms with van der Waals surface area (Å²) in [5.74, 6) is -5.40. The number of amides is 2. The highest BCUT2D eigenvalue weighted by Crippen LogP contribution is 2.35. The molecule has 170 valence electrons. The predicted octanol–water partition coefficient (Wildman–Crippen LogP) is 2.76. The van der Waals surface area contributed by atoms with Gasteiger partial charge < -0.3 is 15.3 Å². The first-order chi connectivity index (χ1) is 15.2. The first-order valence-electron chi connectivity index (χ1n) is 10.0. The van der Waals surface area contributed by atoms with Gasteiger partial charge in [0.25, 0.3) is 11.8 Å². The van der Waals surface area contributed by atoms with Crippen molar-refractivity contribution in [3.8, 4) is 0 Å². The van der Waals surface area contributed by atoms with E-state index in [1.54, 1.807) is 6.07 Å². The molecule has 0 aliphatic carbocycles. The lowest BCUT2D eigenvalue weighted by Gasteiger charge is -2.21. The van der Waals surface area contributed by atoms with Gasteiger partial charge in [0.05, 0.1) is 6.54 Å². The van der Waals surface area contributed by atoms with Crippen molar-refractivity contribution in [1.29, 1.82) is 0 Å². The molecule has 2 amide bonds. The lowest BCUT2D eigenvalue weighted by molar-refractivity contribution is -0.147. The van der Waals surface area contributed by atoms with Gasteiger partial charge in [-0.05, 0) is 24.8 Å². The zero-order valence-corrected chi connectivity index (χ0v) is 18.3. The van der Waals surface area contributed by atoms with Crippen LogP contribution in [0.4, 0.5) is 8.78 Å². The molecule has 1 aliphatic rings. The van der Waals surface area contributed by atoms with Crippen LogP contribution in [-0.2, 0) is 15.5 Å². The fourth-order valence-electron chi connectivity index (χ4n) is 3.70. The molecule has 2 aromatic rings. The molecular weight excluding hydrogens is 438 g/mol. The van der Waals surface area contributed by atoms with Crippen LogP contribution in [0.5, 0.6) is 0 Å². The molecule has 2 aromatic carbocycles. The number of carboxylic acids is 1. The third-order valence-corrected chi connectivity index (χ3v) is 6.06. The molecule has 0 saturated carbocycles. The van der Waals surface area contributed by atoms with Crippen molar-refractivity contribution in [2.45, 2.75) is 18.4 Å². The molecule has 9 heteroatoms. The minimum atomic E-state index is -3.21. The van der Waals surface area contributed by atoms with Gasteiger partial charge in [-0.25, -0.2) is 16.1 Å². The van der Waals surface area contributed by atoms with Gasteiger partial charge in [0.2, 0.25) is 5.91 Å². The molecular formula is C23H24F2N2O4S. The maximum atomic E-state index is 14.6. The van der Waals surface area contributed by atoms with E-state index in [-0.39, 0.29) is 35.7 Å². The fraction of sp³-hybridized carbons (Fsp3) is 0.304. The third kappa shape index (κ3) is 5.21. The maximum Gasteiger partial charge on any atom is 0.326 e. The molecule has 1 unspecified atom stereocenters. The Morgan fingerprint density at radius 2 is 1.75 bits per heavy atom. The first kappa shape index (κ1) is 23.6. The van der Waals surface area contributed by atoms with Crippen LogP contribution < -0.4 is 5.32 Å². The van der Waals surface area contributed by atoms with Gasteiger partial charge in [0, 0.05) is 29.2 Å². The normalized spacial score (nSPS) is 18.9. The minimum absolute atomic E-state index is 0.0127. The lowest BCUT2D eigenvalue weighted by Crippen LogP contribution is -2.45. The van der Waals surface area contributed by atoms with Crippen LogP contribution in [0.1, 0.15) is 27.9 Å². The van der Waals surface area contributed by atoms with Gasteiger partial charge in [-0.2, -0.15) is 8.78 Å². The second-order valence-corrected chi connectivity index (χ2v) is 8.32. The van der Waals surface area contributed by atoms with Gasteiger partial charge in [0.15, 0.2) is 0 Å². The number of hydrogen-bond acceptors (Lipinski definition) is 3. The van der Waals surface area contributed by atoms with Crippen molar-refractivity contribution in [1.82, 2.24) is 10.2 Å². The van der Waals surface area contributed by atoms with E-state index in [0.717, 1.165) is 11.4 Å². The van der Waals surface area contributed by atoms with Crippen molar-refractivity contribution < 1.29 is 28.3 Å². The number of alkyl halides is 2. The van der Waals surface area contributed by atoms with Crippen molar-refractivity contribution >= 4 is 34.5 Å². The summed E-state index contributed by atoms with van der Waals surface area (Å²) in [6.07, 6.45) is 2.26. The number of carboxylic acid groups (broad SMARTS) is 1. The average molecular weight is 463 g/mol. The Labute approximate surface area is 188 Å². The Hall–Kier alpha value is -3.07. The predicted molar refractivity (Wildman–Crippen MR) is 120 cm³/mol. The summed E-state index contributed by atoms with van der Waals surface area (Å²) < 4.78 is 29.3. The third-order valence-electron chi connectivity index (χ3n) is 5.34. The number of carbonyl (C=O) groups excluding carboxylic acids is 2. The van der Waals surface area contributed by atoms with Crippen molar-refractivity contribution in [3.05, 3.63) is 71.3 Å². The number of nitrogens with zero attached hydrogens (tertiary/aromatic N) is 1. The molecule has 1 fully saturated rings. The quantitative estimate of drug-likeness (QED) is 0.436. The minimum Gasteiger partial charge on any atom is -0.480 e. The zero-order chi connectivity index (χ0) is 23.3. The number of halogens is 2. The number of carbonyl (C=O) groups is 3. The van der Waals surface area contributed by atoms with Crippen LogP contribution in [0.2, 0.25) is 0 Å². The number of likely N-dealkylation sites (tertiary alicyclic amines) is 1. The number of nitrogens with one attached hydrogen (secondary N) is 1. The first-order valence-corrected chi connectivity index (χ1v) is 11.4. The fourth-order valence-corrected chi connectivity index (χ4v) is 4.34. The highest BCUT2D eigenvalue weighted by molar-refractivity contribution is 7.96. The molecule has 1 aliphatic heterocycles. The van der Waals surface area contributed by atoms with Gasteiger partial charge >= 0.3 is 5.97 Å². The number of thiol groups is 1. The molecule has 0 radical (unpaired) electrons. The second kappa shape index (κ2) is 10.0. The molecule has 0 aromatic heterocycles. The van der Waals surface area contributed by atoms with E-state index >= 15 is 0 Å². The molecule has 1 heterocycles. The van der Waals surface area contributed by atoms with Gasteiger partial charge in [-0.15, -0.1) is 0 Å². The van der Waals surface area contributed by atoms with Crippen LogP contribution in [0, 0.1) is 5.92 Å². The van der Waals surface area contributed by atoms with Crippen molar-refractivity contribution in [2.75, 3.05) is 19.3 Å². The Morgan fingerprint density at radius 3 is 2.34 bits per heavy atom. The monoisotopic (exact) mass is 462 g/mol. The van der Waals surface area contributed by atoms with Crippen LogP contribution in [0.15, 0.2) is 54.6 Å². The zero-order valence-electron chi connectivity index (χ0n) is 17.4. The summed E-state index contributed by atoms with van der Waals surface area (Å²) >= 11 is 1.00. The lowest BCUT2D eigenvalue weighted by atomic mass is 9.99. The van der Waals surface area contributed by atoms with E-state index in [9.17, 15) is 28.3 Å². The standard InChI is InChI=1S/C23H24F2N2O4S/c1-32-14-15-11-19(22(30)31)27(13-15)20(28)12-26-21(29)16-7-9-18(10-8-16)23(24,25)17-5-3-2-4-6-17/h2-10,14-15,19,32H,11-13H2,1H3,(H,26,29)(H,30,31)/t15?,19-/m0/s1. The van der Waals surface area contributed by atoms with Crippen LogP contribution in [-0.4, -0.2) is 58.5 Å². The highest BCUT2D eigenvalue weighted by Gasteiger charge is 2.38. The van der Waals surface area contributed by atoms with E-state index in [2.05, 4.69) is 5.32 Å². The number of hydrogen-bond donors (Lipinski definition) is 3. The summed E-state index contributed by atoms with van der Waals surface area (Å²) in [7, 11) is 0. The number of rotatable bonds is 7. The Kier molecular flexibility index (Phi) is 7.40. The molecule has 2 atom stereocenters. The van der Waals surface area contributed by atoms with Crippen molar-refractivity contribution in [3.63, 3.8) is 0 Å². The molecule has 1 saturated heterocycles. The van der Waals surface area contributed by atoms with E-state index in [0.29, 0.717) is 6.42 Å². The highest BCUT2D eigenvalue weighted by atomic mass is 32.1. The van der Waals surface area contributed by atoms with Crippen LogP contribution >= 0.6 is 11.4 Å². The summed E-state index contributed by atoms with van der Waals surface area (Å²) in [6, 6.07) is 11.3. The Morgan fingerprint density at radius 1 is 1.12 bits per heavy atom. The second-order valence-electron chi connectivity index (χ2n) is 7.50. The van der Waals surface area contributed by atoms with E-state index in [1.165, 1.54) is 53.4 Å². The average Bonchev–Trinajstić information content (AvgIpc) is 3.22. The number of aliphatic carboxylic acids is 1. The molecule has 0 bridgehead atoms. The summed E-state index contributed by atoms with van der Waals surface area (Å²) in [5.41, 5.74) is -0.285. The Bertz CT molecular complexity index is 1010. The molecule has 2 N–H and O–H groups in total. The van der Waals surface area contributed by atoms with Gasteiger partial charge in [0.1, 0.15) is 6.04 Å². The van der Waals surface area contributed by atoms with Crippen molar-refractivity contribution in [2.24, 2.45) is 5.92 Å². The molecule has 6 nitrogen and oxygen atoms in total. The molecule has 3 rings (SSSR count). The molecule has 32 heavy (non-hydrogen) atoms. The van der Waals surface area contributed by atoms with Crippen LogP contribution in [0.25, 0.3) is 0 Å². The smallest absolute Gasteiger partial charge is 0.326 e. The van der Waals surface area contributed by atoms with E-state index < -0.39 is 29.7 Å². The molecule has 0 spiro atoms.